The van der Waals surface area contributed by atoms with Crippen LogP contribution in [0.1, 0.15) is 425 Å². The fourth-order valence-corrected chi connectivity index (χ4v) is 12.9. The molecule has 0 fully saturated rings. The van der Waals surface area contributed by atoms with Gasteiger partial charge in [0.2, 0.25) is 0 Å². The number of ether oxygens (including phenoxy) is 2. The van der Waals surface area contributed by atoms with E-state index in [1.165, 1.54) is 360 Å². The Balaban J connectivity index is 3.89. The fourth-order valence-electron chi connectivity index (χ4n) is 12.2. The summed E-state index contributed by atoms with van der Waals surface area (Å²) in [5.41, 5.74) is 0. The molecule has 0 aliphatic heterocycles. The maximum Gasteiger partial charge on any atom is 0.306 e. The summed E-state index contributed by atoms with van der Waals surface area (Å²) in [5.74, 6) is -0.801. The van der Waals surface area contributed by atoms with Gasteiger partial charge in [0.15, 0.2) is 6.10 Å². The van der Waals surface area contributed by atoms with Crippen LogP contribution < -0.4 is 4.89 Å². The van der Waals surface area contributed by atoms with Gasteiger partial charge in [-0.05, 0) is 12.8 Å². The molecule has 0 saturated carbocycles. The first kappa shape index (κ1) is 85.0. The summed E-state index contributed by atoms with van der Waals surface area (Å²) in [5, 5.41) is 0. The van der Waals surface area contributed by atoms with Gasteiger partial charge in [0.1, 0.15) is 19.8 Å². The van der Waals surface area contributed by atoms with Gasteiger partial charge < -0.3 is 27.9 Å². The summed E-state index contributed by atoms with van der Waals surface area (Å²) < 4.78 is 34.4. The molecule has 0 N–H and O–H groups in total. The van der Waals surface area contributed by atoms with Gasteiger partial charge >= 0.3 is 11.9 Å². The molecule has 0 aliphatic carbocycles. The molecule has 2 unspecified atom stereocenters. The molecule has 0 aliphatic rings. The quantitative estimate of drug-likeness (QED) is 0.0256. The number of carbonyl (C=O) groups is 2. The Kier molecular flexibility index (Phi) is 67.6. The number of phosphoric ester groups is 1. The summed E-state index contributed by atoms with van der Waals surface area (Å²) in [4.78, 5) is 38.1. The molecule has 0 rings (SSSR count). The molecule has 86 heavy (non-hydrogen) atoms. The fraction of sp³-hybridized carbons (Fsp3) is 0.974. The van der Waals surface area contributed by atoms with E-state index in [1.807, 2.05) is 21.1 Å². The summed E-state index contributed by atoms with van der Waals surface area (Å²) in [6, 6.07) is 0. The Morgan fingerprint density at radius 1 is 0.314 bits per heavy atom. The molecule has 10 heteroatoms. The summed E-state index contributed by atoms with van der Waals surface area (Å²) in [6.07, 6.45) is 83.7. The van der Waals surface area contributed by atoms with Crippen molar-refractivity contribution in [2.75, 3.05) is 47.5 Å². The SMILES string of the molecule is CCCCCCCCCCCCCCCCCCCCCCCCCCCCCCCCCCCCCCC(=O)OC(COC(=O)CCCCCCCCCCCCCCCCCCCCCCCCCCCC)COP(=O)([O-])OCC[N+](C)(C)C. The maximum absolute atomic E-state index is 12.9. The van der Waals surface area contributed by atoms with E-state index >= 15 is 0 Å². The van der Waals surface area contributed by atoms with Gasteiger partial charge in [0.25, 0.3) is 7.82 Å². The highest BCUT2D eigenvalue weighted by Gasteiger charge is 2.22. The van der Waals surface area contributed by atoms with E-state index < -0.39 is 26.5 Å². The van der Waals surface area contributed by atoms with Gasteiger partial charge in [0.05, 0.1) is 27.7 Å². The van der Waals surface area contributed by atoms with Crippen molar-refractivity contribution < 1.29 is 42.1 Å². The molecule has 2 atom stereocenters. The highest BCUT2D eigenvalue weighted by Crippen LogP contribution is 2.38. The van der Waals surface area contributed by atoms with Crippen LogP contribution in [0.25, 0.3) is 0 Å². The number of hydrogen-bond acceptors (Lipinski definition) is 8. The molecule has 9 nitrogen and oxygen atoms in total. The van der Waals surface area contributed by atoms with E-state index in [-0.39, 0.29) is 32.0 Å². The summed E-state index contributed by atoms with van der Waals surface area (Å²) in [6.45, 7) is 4.35. The highest BCUT2D eigenvalue weighted by atomic mass is 31.2. The van der Waals surface area contributed by atoms with Crippen LogP contribution in [0, 0.1) is 0 Å². The average Bonchev–Trinajstić information content (AvgIpc) is 3.70. The van der Waals surface area contributed by atoms with E-state index in [4.69, 9.17) is 18.5 Å². The van der Waals surface area contributed by atoms with Gasteiger partial charge in [0, 0.05) is 12.8 Å². The van der Waals surface area contributed by atoms with Crippen LogP contribution in [-0.4, -0.2) is 70.0 Å². The van der Waals surface area contributed by atoms with Crippen LogP contribution in [0.3, 0.4) is 0 Å². The smallest absolute Gasteiger partial charge is 0.306 e. The number of likely N-dealkylation sites (N-methyl/N-ethyl adjacent to an activating group) is 1. The third-order valence-corrected chi connectivity index (χ3v) is 19.1. The average molecular weight is 1240 g/mol. The predicted octanol–water partition coefficient (Wildman–Crippen LogP) is 24.7. The van der Waals surface area contributed by atoms with Crippen molar-refractivity contribution in [1.29, 1.82) is 0 Å². The van der Waals surface area contributed by atoms with Gasteiger partial charge in [-0.2, -0.15) is 0 Å². The lowest BCUT2D eigenvalue weighted by Crippen LogP contribution is -2.37. The molecule has 0 spiro atoms. The first-order valence-corrected chi connectivity index (χ1v) is 40.2. The normalized spacial score (nSPS) is 13.0. The van der Waals surface area contributed by atoms with Crippen molar-refractivity contribution in [3.05, 3.63) is 0 Å². The Morgan fingerprint density at radius 2 is 0.523 bits per heavy atom. The third-order valence-electron chi connectivity index (χ3n) is 18.1. The number of hydrogen-bond donors (Lipinski definition) is 0. The molecule has 0 saturated heterocycles. The minimum absolute atomic E-state index is 0.0247. The van der Waals surface area contributed by atoms with Gasteiger partial charge in [-0.25, -0.2) is 0 Å². The molecule has 0 radical (unpaired) electrons. The molecule has 0 aromatic carbocycles. The van der Waals surface area contributed by atoms with Crippen LogP contribution >= 0.6 is 7.82 Å². The lowest BCUT2D eigenvalue weighted by atomic mass is 10.0. The van der Waals surface area contributed by atoms with Crippen molar-refractivity contribution in [3.63, 3.8) is 0 Å². The number of quaternary nitrogens is 1. The topological polar surface area (TPSA) is 111 Å². The van der Waals surface area contributed by atoms with Gasteiger partial charge in [-0.15, -0.1) is 0 Å². The van der Waals surface area contributed by atoms with Crippen LogP contribution in [0.15, 0.2) is 0 Å². The Morgan fingerprint density at radius 3 is 0.744 bits per heavy atom. The largest absolute Gasteiger partial charge is 0.756 e. The molecular weight excluding hydrogens is 1090 g/mol. The molecule has 514 valence electrons. The zero-order valence-electron chi connectivity index (χ0n) is 58.8. The molecule has 0 aromatic heterocycles. The highest BCUT2D eigenvalue weighted by molar-refractivity contribution is 7.45. The van der Waals surface area contributed by atoms with Crippen LogP contribution in [-0.2, 0) is 32.7 Å². The second-order valence-electron chi connectivity index (χ2n) is 28.1. The third kappa shape index (κ3) is 72.1. The summed E-state index contributed by atoms with van der Waals surface area (Å²) >= 11 is 0. The monoisotopic (exact) mass is 1240 g/mol. The van der Waals surface area contributed by atoms with Crippen LogP contribution in [0.4, 0.5) is 0 Å². The zero-order valence-corrected chi connectivity index (χ0v) is 59.7. The van der Waals surface area contributed by atoms with Crippen molar-refractivity contribution in [2.24, 2.45) is 0 Å². The predicted molar refractivity (Wildman–Crippen MR) is 370 cm³/mol. The van der Waals surface area contributed by atoms with Gasteiger partial charge in [-0.3, -0.25) is 14.2 Å². The van der Waals surface area contributed by atoms with Crippen molar-refractivity contribution in [3.8, 4) is 0 Å². The Hall–Kier alpha value is -0.990. The lowest BCUT2D eigenvalue weighted by molar-refractivity contribution is -0.870. The van der Waals surface area contributed by atoms with Crippen molar-refractivity contribution in [1.82, 2.24) is 0 Å². The second kappa shape index (κ2) is 68.4. The van der Waals surface area contributed by atoms with E-state index in [2.05, 4.69) is 13.8 Å². The van der Waals surface area contributed by atoms with E-state index in [0.717, 1.165) is 32.1 Å². The molecule has 0 heterocycles. The number of phosphoric acid groups is 1. The minimum Gasteiger partial charge on any atom is -0.756 e. The van der Waals surface area contributed by atoms with Crippen molar-refractivity contribution in [2.45, 2.75) is 431 Å². The number of nitrogens with zero attached hydrogens (tertiary/aromatic N) is 1. The zero-order chi connectivity index (χ0) is 62.6. The van der Waals surface area contributed by atoms with Crippen LogP contribution in [0.5, 0.6) is 0 Å². The molecule has 0 amide bonds. The Labute approximate surface area is 537 Å². The number of carbonyl (C=O) groups excluding carboxylic acids is 2. The molecular formula is C76H152NO8P. The second-order valence-corrected chi connectivity index (χ2v) is 29.5. The number of esters is 2. The first-order valence-electron chi connectivity index (χ1n) is 38.7. The van der Waals surface area contributed by atoms with E-state index in [9.17, 15) is 19.0 Å². The molecule has 0 aromatic rings. The van der Waals surface area contributed by atoms with Crippen molar-refractivity contribution >= 4 is 19.8 Å². The van der Waals surface area contributed by atoms with Gasteiger partial charge in [-0.1, -0.05) is 399 Å². The van der Waals surface area contributed by atoms with E-state index in [1.54, 1.807) is 0 Å². The first-order chi connectivity index (χ1) is 42.0. The minimum atomic E-state index is -4.64. The lowest BCUT2D eigenvalue weighted by Gasteiger charge is -2.28. The molecule has 0 bridgehead atoms. The Bertz CT molecular complexity index is 1410. The standard InChI is InChI=1S/C76H152NO8P/c1-6-8-10-12-14-16-18-20-22-24-26-28-30-32-34-35-36-37-38-39-40-41-42-43-45-47-49-51-53-55-57-59-61-63-65-67-69-76(79)85-74(73-84-86(80,81)83-71-70-77(3,4)5)72-82-75(78)68-66-64-62-60-58-56-54-52-50-48-46-44-33-31-29-27-25-23-21-19-17-15-13-11-9-7-2/h74H,6-73H2,1-5H3. The maximum atomic E-state index is 12.9. The number of unbranched alkanes of at least 4 members (excludes halogenated alkanes) is 60. The van der Waals surface area contributed by atoms with Crippen LogP contribution in [0.2, 0.25) is 0 Å². The van der Waals surface area contributed by atoms with E-state index in [0.29, 0.717) is 17.4 Å². The summed E-state index contributed by atoms with van der Waals surface area (Å²) in [7, 11) is 1.20. The number of rotatable bonds is 74.